The van der Waals surface area contributed by atoms with Crippen molar-refractivity contribution in [3.63, 3.8) is 0 Å². The van der Waals surface area contributed by atoms with E-state index in [4.69, 9.17) is 4.98 Å². The zero-order valence-corrected chi connectivity index (χ0v) is 13.0. The first kappa shape index (κ1) is 13.8. The van der Waals surface area contributed by atoms with Gasteiger partial charge < -0.3 is 0 Å². The molecule has 0 unspecified atom stereocenters. The Morgan fingerprint density at radius 2 is 1.90 bits per heavy atom. The molecule has 1 heterocycles. The topological polar surface area (TPSA) is 30.2 Å². The minimum absolute atomic E-state index is 0.746. The summed E-state index contributed by atoms with van der Waals surface area (Å²) in [6.45, 7) is 4.87. The second-order valence-corrected chi connectivity index (χ2v) is 5.70. The minimum atomic E-state index is 0.746. The Morgan fingerprint density at radius 3 is 2.62 bits per heavy atom. The van der Waals surface area contributed by atoms with E-state index in [1.54, 1.807) is 11.5 Å². The zero-order chi connectivity index (χ0) is 14.7. The Bertz CT molecular complexity index is 800. The van der Waals surface area contributed by atoms with Gasteiger partial charge in [-0.3, -0.25) is 4.99 Å². The summed E-state index contributed by atoms with van der Waals surface area (Å²) in [7, 11) is 0. The third-order valence-electron chi connectivity index (χ3n) is 3.13. The molecule has 0 aliphatic heterocycles. The van der Waals surface area contributed by atoms with Gasteiger partial charge in [0, 0.05) is 12.1 Å². The van der Waals surface area contributed by atoms with E-state index in [0.717, 1.165) is 28.4 Å². The van der Waals surface area contributed by atoms with Crippen molar-refractivity contribution in [2.75, 3.05) is 6.54 Å². The zero-order valence-electron chi connectivity index (χ0n) is 12.2. The number of hydrogen-bond donors (Lipinski definition) is 0. The first-order valence-corrected chi connectivity index (χ1v) is 7.78. The summed E-state index contributed by atoms with van der Waals surface area (Å²) in [5, 5.41) is 0. The van der Waals surface area contributed by atoms with Crippen LogP contribution in [-0.2, 0) is 0 Å². The lowest BCUT2D eigenvalue weighted by Crippen LogP contribution is -1.98. The van der Waals surface area contributed by atoms with E-state index in [-0.39, 0.29) is 0 Å². The average molecular weight is 295 g/mol. The van der Waals surface area contributed by atoms with Crippen LogP contribution in [0.25, 0.3) is 17.1 Å². The first-order chi connectivity index (χ1) is 10.3. The Balaban J connectivity index is 2.22. The molecule has 106 valence electrons. The number of aromatic nitrogens is 2. The maximum Gasteiger partial charge on any atom is 0.223 e. The molecule has 0 N–H and O–H groups in total. The lowest BCUT2D eigenvalue weighted by Gasteiger charge is -2.06. The van der Waals surface area contributed by atoms with Crippen molar-refractivity contribution in [1.82, 2.24) is 8.94 Å². The van der Waals surface area contributed by atoms with E-state index in [9.17, 15) is 0 Å². The Hall–Kier alpha value is -2.20. The molecule has 0 saturated carbocycles. The number of hydrogen-bond acceptors (Lipinski definition) is 3. The second-order valence-electron chi connectivity index (χ2n) is 4.78. The molecule has 0 fully saturated rings. The Morgan fingerprint density at radius 1 is 1.10 bits per heavy atom. The van der Waals surface area contributed by atoms with Gasteiger partial charge in [0.2, 0.25) is 4.80 Å². The van der Waals surface area contributed by atoms with Crippen molar-refractivity contribution in [2.45, 2.75) is 13.8 Å². The molecule has 0 aliphatic rings. The SMILES string of the molecule is CCN=c1nc(-c2cccc(C)c2)n(-c2ccccc2)s1. The highest BCUT2D eigenvalue weighted by Crippen LogP contribution is 2.22. The smallest absolute Gasteiger partial charge is 0.223 e. The van der Waals surface area contributed by atoms with Gasteiger partial charge in [0.15, 0.2) is 5.82 Å². The van der Waals surface area contributed by atoms with Crippen LogP contribution in [0.4, 0.5) is 0 Å². The van der Waals surface area contributed by atoms with E-state index in [1.165, 1.54) is 5.56 Å². The summed E-state index contributed by atoms with van der Waals surface area (Å²) in [6, 6.07) is 18.7. The van der Waals surface area contributed by atoms with Crippen molar-refractivity contribution in [1.29, 1.82) is 0 Å². The third-order valence-corrected chi connectivity index (χ3v) is 4.08. The molecule has 0 radical (unpaired) electrons. The Labute approximate surface area is 128 Å². The lowest BCUT2D eigenvalue weighted by atomic mass is 10.1. The number of benzene rings is 2. The van der Waals surface area contributed by atoms with Crippen LogP contribution in [0.5, 0.6) is 0 Å². The molecule has 0 saturated heterocycles. The van der Waals surface area contributed by atoms with Crippen LogP contribution in [0.2, 0.25) is 0 Å². The summed E-state index contributed by atoms with van der Waals surface area (Å²) >= 11 is 1.58. The maximum atomic E-state index is 4.70. The van der Waals surface area contributed by atoms with Crippen LogP contribution in [0.15, 0.2) is 59.6 Å². The van der Waals surface area contributed by atoms with Crippen molar-refractivity contribution in [3.05, 3.63) is 65.0 Å². The quantitative estimate of drug-likeness (QED) is 0.722. The molecular weight excluding hydrogens is 278 g/mol. The van der Waals surface area contributed by atoms with E-state index < -0.39 is 0 Å². The van der Waals surface area contributed by atoms with Gasteiger partial charge in [0.05, 0.1) is 5.69 Å². The standard InChI is InChI=1S/C17H17N3S/c1-3-18-17-19-16(14-9-7-8-13(2)12-14)20(21-17)15-10-5-4-6-11-15/h4-12H,3H2,1-2H3. The van der Waals surface area contributed by atoms with Gasteiger partial charge >= 0.3 is 0 Å². The highest BCUT2D eigenvalue weighted by molar-refractivity contribution is 7.04. The summed E-state index contributed by atoms with van der Waals surface area (Å²) < 4.78 is 2.14. The number of rotatable bonds is 3. The van der Waals surface area contributed by atoms with Crippen LogP contribution in [-0.4, -0.2) is 15.5 Å². The molecule has 2 aromatic carbocycles. The van der Waals surface area contributed by atoms with Gasteiger partial charge in [-0.2, -0.15) is 4.98 Å². The Kier molecular flexibility index (Phi) is 3.97. The molecular formula is C17H17N3S. The van der Waals surface area contributed by atoms with Crippen LogP contribution < -0.4 is 4.80 Å². The van der Waals surface area contributed by atoms with Crippen LogP contribution in [0, 0.1) is 6.92 Å². The third kappa shape index (κ3) is 2.95. The van der Waals surface area contributed by atoms with Crippen LogP contribution in [0.3, 0.4) is 0 Å². The van der Waals surface area contributed by atoms with E-state index in [2.05, 4.69) is 52.3 Å². The predicted molar refractivity (Wildman–Crippen MR) is 87.7 cm³/mol. The summed E-state index contributed by atoms with van der Waals surface area (Å²) in [5.74, 6) is 0.946. The minimum Gasteiger partial charge on any atom is -0.256 e. The van der Waals surface area contributed by atoms with Crippen molar-refractivity contribution in [3.8, 4) is 17.1 Å². The molecule has 0 atom stereocenters. The molecule has 1 aromatic heterocycles. The molecule has 0 amide bonds. The van der Waals surface area contributed by atoms with E-state index >= 15 is 0 Å². The highest BCUT2D eigenvalue weighted by Gasteiger charge is 2.10. The predicted octanol–water partition coefficient (Wildman–Crippen LogP) is 3.83. The van der Waals surface area contributed by atoms with Gasteiger partial charge in [0.1, 0.15) is 0 Å². The van der Waals surface area contributed by atoms with Gasteiger partial charge in [-0.15, -0.1) is 0 Å². The molecule has 3 aromatic rings. The highest BCUT2D eigenvalue weighted by atomic mass is 32.1. The monoisotopic (exact) mass is 295 g/mol. The lowest BCUT2D eigenvalue weighted by molar-refractivity contribution is 1.03. The van der Waals surface area contributed by atoms with Gasteiger partial charge in [-0.05, 0) is 43.6 Å². The van der Waals surface area contributed by atoms with Crippen LogP contribution in [0.1, 0.15) is 12.5 Å². The molecule has 4 heteroatoms. The summed E-state index contributed by atoms with van der Waals surface area (Å²) in [6.07, 6.45) is 0. The van der Waals surface area contributed by atoms with Crippen molar-refractivity contribution < 1.29 is 0 Å². The number of para-hydroxylation sites is 1. The fraction of sp³-hybridized carbons (Fsp3) is 0.176. The fourth-order valence-corrected chi connectivity index (χ4v) is 3.12. The first-order valence-electron chi connectivity index (χ1n) is 7.01. The molecule has 0 spiro atoms. The molecule has 0 bridgehead atoms. The number of aryl methyl sites for hydroxylation is 1. The molecule has 3 rings (SSSR count). The average Bonchev–Trinajstić information content (AvgIpc) is 2.93. The molecule has 21 heavy (non-hydrogen) atoms. The van der Waals surface area contributed by atoms with Gasteiger partial charge in [0.25, 0.3) is 0 Å². The number of nitrogens with zero attached hydrogens (tertiary/aromatic N) is 3. The van der Waals surface area contributed by atoms with E-state index in [0.29, 0.717) is 0 Å². The van der Waals surface area contributed by atoms with Crippen molar-refractivity contribution in [2.24, 2.45) is 4.99 Å². The summed E-state index contributed by atoms with van der Waals surface area (Å²) in [5.41, 5.74) is 3.46. The normalized spacial score (nSPS) is 11.8. The maximum absolute atomic E-state index is 4.70. The van der Waals surface area contributed by atoms with Gasteiger partial charge in [-0.25, -0.2) is 3.96 Å². The van der Waals surface area contributed by atoms with E-state index in [1.807, 2.05) is 25.1 Å². The molecule has 0 aliphatic carbocycles. The largest absolute Gasteiger partial charge is 0.256 e. The fourth-order valence-electron chi connectivity index (χ4n) is 2.19. The molecule has 3 nitrogen and oxygen atoms in total. The van der Waals surface area contributed by atoms with Crippen LogP contribution >= 0.6 is 11.5 Å². The summed E-state index contributed by atoms with van der Waals surface area (Å²) in [4.78, 5) is 9.97. The van der Waals surface area contributed by atoms with Crippen molar-refractivity contribution >= 4 is 11.5 Å². The van der Waals surface area contributed by atoms with Gasteiger partial charge in [-0.1, -0.05) is 42.0 Å². The second kappa shape index (κ2) is 6.06.